The van der Waals surface area contributed by atoms with E-state index in [-0.39, 0.29) is 17.4 Å². The molecule has 0 atom stereocenters. The van der Waals surface area contributed by atoms with Gasteiger partial charge in [0.1, 0.15) is 0 Å². The van der Waals surface area contributed by atoms with Crippen LogP contribution in [0.5, 0.6) is 0 Å². The molecule has 1 N–H and O–H groups in total. The number of rotatable bonds is 3. The molecule has 0 saturated heterocycles. The molecule has 1 aromatic rings. The number of esters is 1. The van der Waals surface area contributed by atoms with E-state index in [1.807, 2.05) is 0 Å². The molecule has 0 spiro atoms. The number of carbonyl (C=O) groups is 2. The predicted molar refractivity (Wildman–Crippen MR) is 55.1 cm³/mol. The Balaban J connectivity index is 3.14. The van der Waals surface area contributed by atoms with Gasteiger partial charge in [0, 0.05) is 5.69 Å². The second-order valence-corrected chi connectivity index (χ2v) is 3.87. The summed E-state index contributed by atoms with van der Waals surface area (Å²) in [6.07, 6.45) is -0.243. The van der Waals surface area contributed by atoms with E-state index in [2.05, 4.69) is 4.98 Å². The second kappa shape index (κ2) is 4.38. The average Bonchev–Trinajstić information content (AvgIpc) is 2.40. The summed E-state index contributed by atoms with van der Waals surface area (Å²) in [4.78, 5) is 25.0. The van der Waals surface area contributed by atoms with E-state index >= 15 is 0 Å². The van der Waals surface area contributed by atoms with Crippen molar-refractivity contribution in [3.8, 4) is 0 Å². The highest BCUT2D eigenvalue weighted by Crippen LogP contribution is 2.18. The van der Waals surface area contributed by atoms with Gasteiger partial charge in [0.2, 0.25) is 0 Å². The molecule has 0 bridgehead atoms. The molecule has 0 aromatic carbocycles. The van der Waals surface area contributed by atoms with Crippen LogP contribution in [0.2, 0.25) is 0 Å². The Morgan fingerprint density at radius 1 is 1.31 bits per heavy atom. The van der Waals surface area contributed by atoms with Crippen LogP contribution in [-0.4, -0.2) is 23.0 Å². The van der Waals surface area contributed by atoms with Gasteiger partial charge in [-0.3, -0.25) is 0 Å². The van der Waals surface area contributed by atoms with Gasteiger partial charge in [0.25, 0.3) is 0 Å². The van der Waals surface area contributed by atoms with Gasteiger partial charge in [-0.2, -0.15) is 0 Å². The minimum Gasteiger partial charge on any atom is -0.543 e. The number of carboxylic acids is 1. The summed E-state index contributed by atoms with van der Waals surface area (Å²) in [7, 11) is 0. The summed E-state index contributed by atoms with van der Waals surface area (Å²) in [6, 6.07) is 0. The Kier molecular flexibility index (Phi) is 3.37. The fourth-order valence-electron chi connectivity index (χ4n) is 1.53. The largest absolute Gasteiger partial charge is 0.543 e. The van der Waals surface area contributed by atoms with Gasteiger partial charge >= 0.3 is 5.97 Å². The van der Waals surface area contributed by atoms with E-state index in [9.17, 15) is 14.7 Å². The molecule has 5 nitrogen and oxygen atoms in total. The molecule has 16 heavy (non-hydrogen) atoms. The van der Waals surface area contributed by atoms with Crippen LogP contribution in [-0.2, 0) is 4.74 Å². The molecule has 88 valence electrons. The Morgan fingerprint density at radius 2 is 1.88 bits per heavy atom. The first-order valence-corrected chi connectivity index (χ1v) is 4.96. The molecule has 1 aromatic heterocycles. The van der Waals surface area contributed by atoms with Crippen LogP contribution < -0.4 is 5.11 Å². The highest BCUT2D eigenvalue weighted by atomic mass is 16.5. The van der Waals surface area contributed by atoms with Crippen molar-refractivity contribution in [3.05, 3.63) is 22.5 Å². The Hall–Kier alpha value is -1.78. The smallest absolute Gasteiger partial charge is 0.340 e. The van der Waals surface area contributed by atoms with Crippen molar-refractivity contribution in [2.45, 2.75) is 33.8 Å². The molecule has 0 fully saturated rings. The molecule has 0 amide bonds. The Labute approximate surface area is 93.4 Å². The number of carboxylic acid groups (broad SMARTS) is 1. The number of nitrogens with one attached hydrogen (secondary N) is 1. The molecule has 5 heteroatoms. The zero-order valence-corrected chi connectivity index (χ0v) is 9.71. The summed E-state index contributed by atoms with van der Waals surface area (Å²) in [5.74, 6) is -1.85. The number of hydrogen-bond acceptors (Lipinski definition) is 4. The van der Waals surface area contributed by atoms with E-state index in [0.29, 0.717) is 11.3 Å². The molecule has 0 aliphatic carbocycles. The minimum atomic E-state index is -1.33. The van der Waals surface area contributed by atoms with Crippen molar-refractivity contribution >= 4 is 11.9 Å². The van der Waals surface area contributed by atoms with Crippen LogP contribution >= 0.6 is 0 Å². The molecule has 1 rings (SSSR count). The third-order valence-corrected chi connectivity index (χ3v) is 2.19. The maximum absolute atomic E-state index is 11.7. The first kappa shape index (κ1) is 12.3. The molecule has 0 aliphatic heterocycles. The number of aromatic nitrogens is 1. The van der Waals surface area contributed by atoms with E-state index < -0.39 is 11.9 Å². The molecule has 1 heterocycles. The number of aryl methyl sites for hydroxylation is 1. The molecule has 0 aliphatic rings. The Bertz CT molecular complexity index is 431. The highest BCUT2D eigenvalue weighted by Gasteiger charge is 2.20. The van der Waals surface area contributed by atoms with Crippen LogP contribution in [0.15, 0.2) is 0 Å². The monoisotopic (exact) mass is 224 g/mol. The van der Waals surface area contributed by atoms with Gasteiger partial charge in [0.05, 0.1) is 23.3 Å². The van der Waals surface area contributed by atoms with Crippen molar-refractivity contribution in [2.24, 2.45) is 0 Å². The summed E-state index contributed by atoms with van der Waals surface area (Å²) in [6.45, 7) is 6.63. The minimum absolute atomic E-state index is 0.0757. The predicted octanol–water partition coefficient (Wildman–Crippen LogP) is 0.560. The maximum atomic E-state index is 11.7. The Morgan fingerprint density at radius 3 is 2.25 bits per heavy atom. The molecule has 0 unspecified atom stereocenters. The van der Waals surface area contributed by atoms with Crippen molar-refractivity contribution in [1.29, 1.82) is 0 Å². The normalized spacial score (nSPS) is 10.6. The molecule has 0 saturated carbocycles. The lowest BCUT2D eigenvalue weighted by molar-refractivity contribution is -0.255. The fourth-order valence-corrected chi connectivity index (χ4v) is 1.53. The third-order valence-electron chi connectivity index (χ3n) is 2.19. The van der Waals surface area contributed by atoms with Gasteiger partial charge in [0.15, 0.2) is 0 Å². The van der Waals surface area contributed by atoms with E-state index in [1.54, 1.807) is 27.7 Å². The van der Waals surface area contributed by atoms with E-state index in [4.69, 9.17) is 4.74 Å². The number of H-pyrrole nitrogens is 1. The van der Waals surface area contributed by atoms with Gasteiger partial charge in [-0.05, 0) is 33.3 Å². The number of aromatic amines is 1. The third kappa shape index (κ3) is 2.24. The van der Waals surface area contributed by atoms with Crippen molar-refractivity contribution in [2.75, 3.05) is 0 Å². The number of hydrogen-bond donors (Lipinski definition) is 1. The summed E-state index contributed by atoms with van der Waals surface area (Å²) < 4.78 is 5.02. The van der Waals surface area contributed by atoms with Crippen LogP contribution in [0, 0.1) is 13.8 Å². The van der Waals surface area contributed by atoms with Crippen LogP contribution in [0.1, 0.15) is 46.0 Å². The van der Waals surface area contributed by atoms with Gasteiger partial charge in [-0.25, -0.2) is 4.79 Å². The summed E-state index contributed by atoms with van der Waals surface area (Å²) >= 11 is 0. The van der Waals surface area contributed by atoms with Crippen LogP contribution in [0.25, 0.3) is 0 Å². The number of carbonyl (C=O) groups excluding carboxylic acids is 2. The number of ether oxygens (including phenoxy) is 1. The van der Waals surface area contributed by atoms with Crippen molar-refractivity contribution < 1.29 is 19.4 Å². The standard InChI is InChI=1S/C11H15NO4/c1-5(2)16-11(15)8-6(3)9(10(13)14)12-7(8)4/h5,12H,1-4H3,(H,13,14)/p-1. The first-order valence-electron chi connectivity index (χ1n) is 4.96. The first-order chi connectivity index (χ1) is 7.34. The average molecular weight is 224 g/mol. The fraction of sp³-hybridized carbons (Fsp3) is 0.455. The van der Waals surface area contributed by atoms with Crippen molar-refractivity contribution in [3.63, 3.8) is 0 Å². The highest BCUT2D eigenvalue weighted by molar-refractivity contribution is 5.97. The van der Waals surface area contributed by atoms with Crippen LogP contribution in [0.4, 0.5) is 0 Å². The zero-order valence-electron chi connectivity index (χ0n) is 9.71. The lowest BCUT2D eigenvalue weighted by Gasteiger charge is -2.08. The SMILES string of the molecule is Cc1[nH]c(C(=O)[O-])c(C)c1C(=O)OC(C)C. The maximum Gasteiger partial charge on any atom is 0.340 e. The second-order valence-electron chi connectivity index (χ2n) is 3.87. The topological polar surface area (TPSA) is 82.2 Å². The summed E-state index contributed by atoms with van der Waals surface area (Å²) in [5, 5.41) is 10.7. The summed E-state index contributed by atoms with van der Waals surface area (Å²) in [5.41, 5.74) is 1.02. The van der Waals surface area contributed by atoms with Gasteiger partial charge in [-0.15, -0.1) is 0 Å². The quantitative estimate of drug-likeness (QED) is 0.760. The van der Waals surface area contributed by atoms with Crippen molar-refractivity contribution in [1.82, 2.24) is 4.98 Å². The van der Waals surface area contributed by atoms with E-state index in [0.717, 1.165) is 0 Å². The van der Waals surface area contributed by atoms with Crippen LogP contribution in [0.3, 0.4) is 0 Å². The lowest BCUT2D eigenvalue weighted by Crippen LogP contribution is -2.23. The zero-order chi connectivity index (χ0) is 12.5. The number of aromatic carboxylic acids is 1. The van der Waals surface area contributed by atoms with Gasteiger partial charge < -0.3 is 19.6 Å². The molecule has 0 radical (unpaired) electrons. The molecular formula is C11H14NO4-. The lowest BCUT2D eigenvalue weighted by atomic mass is 10.1. The molecular weight excluding hydrogens is 210 g/mol. The van der Waals surface area contributed by atoms with E-state index in [1.165, 1.54) is 0 Å². The van der Waals surface area contributed by atoms with Gasteiger partial charge in [-0.1, -0.05) is 0 Å².